The average molecular weight is 496 g/mol. The first-order chi connectivity index (χ1) is 15.9. The lowest BCUT2D eigenvalue weighted by atomic mass is 10.1. The molecule has 0 aliphatic rings. The van der Waals surface area contributed by atoms with Gasteiger partial charge < -0.3 is 10.1 Å². The number of sulfonamides is 1. The van der Waals surface area contributed by atoms with Gasteiger partial charge >= 0.3 is 12.1 Å². The molecule has 3 N–H and O–H groups in total. The van der Waals surface area contributed by atoms with Gasteiger partial charge in [-0.15, -0.1) is 0 Å². The predicted octanol–water partition coefficient (Wildman–Crippen LogP) is 3.11. The summed E-state index contributed by atoms with van der Waals surface area (Å²) in [6, 6.07) is 11.0. The van der Waals surface area contributed by atoms with E-state index in [1.165, 1.54) is 55.5 Å². The van der Waals surface area contributed by atoms with Crippen molar-refractivity contribution in [1.82, 2.24) is 9.78 Å². The minimum absolute atomic E-state index is 0.0215. The number of aromatic nitrogens is 2. The lowest BCUT2D eigenvalue weighted by Crippen LogP contribution is -2.18. The van der Waals surface area contributed by atoms with Crippen molar-refractivity contribution in [3.63, 3.8) is 0 Å². The van der Waals surface area contributed by atoms with Crippen LogP contribution in [0.3, 0.4) is 0 Å². The van der Waals surface area contributed by atoms with Gasteiger partial charge in [0.1, 0.15) is 5.56 Å². The zero-order chi connectivity index (χ0) is 25.1. The highest BCUT2D eigenvalue weighted by molar-refractivity contribution is 7.88. The Bertz CT molecular complexity index is 1300. The van der Waals surface area contributed by atoms with E-state index in [0.29, 0.717) is 15.9 Å². The molecule has 0 aliphatic heterocycles. The highest BCUT2D eigenvalue weighted by Crippen LogP contribution is 2.34. The summed E-state index contributed by atoms with van der Waals surface area (Å²) in [4.78, 5) is 24.4. The molecule has 0 atom stereocenters. The van der Waals surface area contributed by atoms with Gasteiger partial charge in [0.05, 0.1) is 24.2 Å². The minimum Gasteiger partial charge on any atom is -0.462 e. The first kappa shape index (κ1) is 24.9. The smallest absolute Gasteiger partial charge is 0.434 e. The highest BCUT2D eigenvalue weighted by Gasteiger charge is 2.41. The van der Waals surface area contributed by atoms with Crippen LogP contribution in [0.15, 0.2) is 54.7 Å². The van der Waals surface area contributed by atoms with Crippen LogP contribution in [0.25, 0.3) is 5.69 Å². The maximum Gasteiger partial charge on any atom is 0.434 e. The number of alkyl halides is 3. The number of nitrogens with zero attached hydrogens (tertiary/aromatic N) is 2. The van der Waals surface area contributed by atoms with Crippen LogP contribution >= 0.6 is 0 Å². The Morgan fingerprint density at radius 3 is 2.24 bits per heavy atom. The molecule has 0 saturated carbocycles. The number of carbonyl (C=O) groups excluding carboxylic acids is 2. The maximum absolute atomic E-state index is 13.6. The average Bonchev–Trinajstić information content (AvgIpc) is 3.20. The Balaban J connectivity index is 1.80. The molecule has 0 bridgehead atoms. The number of amides is 1. The van der Waals surface area contributed by atoms with Crippen molar-refractivity contribution >= 4 is 27.6 Å². The van der Waals surface area contributed by atoms with E-state index in [1.54, 1.807) is 0 Å². The normalized spacial score (nSPS) is 11.8. The van der Waals surface area contributed by atoms with E-state index in [4.69, 9.17) is 5.14 Å². The lowest BCUT2D eigenvalue weighted by molar-refractivity contribution is -0.143. The predicted molar refractivity (Wildman–Crippen MR) is 116 cm³/mol. The van der Waals surface area contributed by atoms with Crippen molar-refractivity contribution < 1.29 is 35.9 Å². The molecule has 0 spiro atoms. The number of benzene rings is 2. The van der Waals surface area contributed by atoms with Crippen molar-refractivity contribution in [2.24, 2.45) is 5.14 Å². The third-order valence-corrected chi connectivity index (χ3v) is 5.22. The van der Waals surface area contributed by atoms with Crippen LogP contribution in [0.2, 0.25) is 0 Å². The molecule has 0 unspecified atom stereocenters. The molecule has 1 aromatic heterocycles. The molecule has 0 aliphatic carbocycles. The molecular weight excluding hydrogens is 477 g/mol. The first-order valence-corrected chi connectivity index (χ1v) is 11.4. The molecule has 0 saturated heterocycles. The number of nitrogens with two attached hydrogens (primary N) is 1. The summed E-state index contributed by atoms with van der Waals surface area (Å²) in [6.07, 6.45) is -4.11. The van der Waals surface area contributed by atoms with E-state index in [0.717, 1.165) is 6.20 Å². The van der Waals surface area contributed by atoms with Gasteiger partial charge in [-0.3, -0.25) is 4.79 Å². The number of anilines is 1. The molecule has 13 heteroatoms. The van der Waals surface area contributed by atoms with Crippen molar-refractivity contribution in [3.8, 4) is 5.69 Å². The molecule has 2 aromatic carbocycles. The molecule has 0 radical (unpaired) electrons. The topological polar surface area (TPSA) is 133 Å². The fraction of sp³-hybridized carbons (Fsp3) is 0.190. The van der Waals surface area contributed by atoms with Gasteiger partial charge in [0.15, 0.2) is 5.69 Å². The Morgan fingerprint density at radius 2 is 1.71 bits per heavy atom. The van der Waals surface area contributed by atoms with Gasteiger partial charge in [-0.05, 0) is 48.9 Å². The fourth-order valence-corrected chi connectivity index (χ4v) is 3.71. The summed E-state index contributed by atoms with van der Waals surface area (Å²) in [5.41, 5.74) is -1.08. The largest absolute Gasteiger partial charge is 0.462 e. The standard InChI is InChI=1S/C21H19F3N4O5S/c1-2-33-20(30)17-11-26-28(18(17)21(22,23)24)16-9-5-14(6-10-16)19(29)27-15-7-3-13(4-8-15)12-34(25,31)32/h3-11H,2,12H2,1H3,(H,27,29)(H2,25,31,32). The number of rotatable bonds is 7. The number of hydrogen-bond acceptors (Lipinski definition) is 6. The Kier molecular flexibility index (Phi) is 7.07. The van der Waals surface area contributed by atoms with Crippen molar-refractivity contribution in [1.29, 1.82) is 0 Å². The Hall–Kier alpha value is -3.71. The molecular formula is C21H19F3N4O5S. The monoisotopic (exact) mass is 496 g/mol. The highest BCUT2D eigenvalue weighted by atomic mass is 32.2. The van der Waals surface area contributed by atoms with Crippen LogP contribution in [-0.4, -0.2) is 36.7 Å². The Labute approximate surface area is 192 Å². The molecule has 180 valence electrons. The third kappa shape index (κ3) is 5.99. The van der Waals surface area contributed by atoms with Gasteiger partial charge in [0, 0.05) is 11.3 Å². The van der Waals surface area contributed by atoms with Gasteiger partial charge in [-0.25, -0.2) is 23.0 Å². The van der Waals surface area contributed by atoms with Crippen molar-refractivity contribution in [2.45, 2.75) is 18.9 Å². The van der Waals surface area contributed by atoms with Gasteiger partial charge in [-0.2, -0.15) is 18.3 Å². The zero-order valence-electron chi connectivity index (χ0n) is 17.7. The van der Waals surface area contributed by atoms with Crippen LogP contribution in [0.4, 0.5) is 18.9 Å². The summed E-state index contributed by atoms with van der Waals surface area (Å²) < 4.78 is 68.4. The zero-order valence-corrected chi connectivity index (χ0v) is 18.5. The minimum atomic E-state index is -4.88. The molecule has 0 fully saturated rings. The number of esters is 1. The molecule has 3 aromatic rings. The maximum atomic E-state index is 13.6. The number of primary sulfonamides is 1. The molecule has 9 nitrogen and oxygen atoms in total. The summed E-state index contributed by atoms with van der Waals surface area (Å²) in [5.74, 6) is -2.05. The van der Waals surface area contributed by atoms with Crippen LogP contribution in [0, 0.1) is 0 Å². The summed E-state index contributed by atoms with van der Waals surface area (Å²) >= 11 is 0. The van der Waals surface area contributed by atoms with Gasteiger partial charge in [-0.1, -0.05) is 12.1 Å². The van der Waals surface area contributed by atoms with Crippen molar-refractivity contribution in [3.05, 3.63) is 77.1 Å². The lowest BCUT2D eigenvalue weighted by Gasteiger charge is -2.13. The number of halogens is 3. The molecule has 1 heterocycles. The summed E-state index contributed by atoms with van der Waals surface area (Å²) in [6.45, 7) is 1.37. The van der Waals surface area contributed by atoms with Gasteiger partial charge in [0.2, 0.25) is 10.0 Å². The molecule has 3 rings (SSSR count). The van der Waals surface area contributed by atoms with Crippen LogP contribution in [-0.2, 0) is 26.7 Å². The first-order valence-electron chi connectivity index (χ1n) is 9.72. The van der Waals surface area contributed by atoms with E-state index < -0.39 is 39.3 Å². The number of ether oxygens (including phenoxy) is 1. The number of carbonyl (C=O) groups is 2. The summed E-state index contributed by atoms with van der Waals surface area (Å²) in [5, 5.41) is 11.3. The third-order valence-electron chi connectivity index (χ3n) is 4.49. The Morgan fingerprint density at radius 1 is 1.09 bits per heavy atom. The second-order valence-corrected chi connectivity index (χ2v) is 8.66. The van der Waals surface area contributed by atoms with Crippen LogP contribution in [0.5, 0.6) is 0 Å². The van der Waals surface area contributed by atoms with E-state index in [9.17, 15) is 31.2 Å². The SMILES string of the molecule is CCOC(=O)c1cnn(-c2ccc(C(=O)Nc3ccc(CS(N)(=O)=O)cc3)cc2)c1C(F)(F)F. The molecule has 34 heavy (non-hydrogen) atoms. The number of hydrogen-bond donors (Lipinski definition) is 2. The van der Waals surface area contributed by atoms with E-state index >= 15 is 0 Å². The van der Waals surface area contributed by atoms with Crippen LogP contribution in [0.1, 0.15) is 38.9 Å². The van der Waals surface area contributed by atoms with E-state index in [1.807, 2.05) is 0 Å². The number of nitrogens with one attached hydrogen (secondary N) is 1. The van der Waals surface area contributed by atoms with Crippen LogP contribution < -0.4 is 10.5 Å². The van der Waals surface area contributed by atoms with E-state index in [2.05, 4.69) is 15.2 Å². The van der Waals surface area contributed by atoms with Gasteiger partial charge in [0.25, 0.3) is 5.91 Å². The quantitative estimate of drug-likeness (QED) is 0.483. The summed E-state index contributed by atoms with van der Waals surface area (Å²) in [7, 11) is -3.69. The van der Waals surface area contributed by atoms with E-state index in [-0.39, 0.29) is 23.6 Å². The second-order valence-electron chi connectivity index (χ2n) is 7.04. The molecule has 1 amide bonds. The second kappa shape index (κ2) is 9.65. The fourth-order valence-electron chi connectivity index (χ4n) is 3.05. The van der Waals surface area contributed by atoms with Crippen molar-refractivity contribution in [2.75, 3.05) is 11.9 Å².